The second-order valence-corrected chi connectivity index (χ2v) is 7.29. The van der Waals surface area contributed by atoms with Crippen molar-refractivity contribution in [2.75, 3.05) is 22.3 Å². The lowest BCUT2D eigenvalue weighted by Crippen LogP contribution is -2.42. The molecule has 19 heavy (non-hydrogen) atoms. The summed E-state index contributed by atoms with van der Waals surface area (Å²) in [5.74, 6) is -0.252. The highest BCUT2D eigenvalue weighted by atomic mass is 35.5. The van der Waals surface area contributed by atoms with E-state index in [0.717, 1.165) is 5.56 Å². The van der Waals surface area contributed by atoms with Crippen LogP contribution in [-0.4, -0.2) is 37.8 Å². The summed E-state index contributed by atoms with van der Waals surface area (Å²) in [6, 6.07) is 7.15. The number of carbonyl (C=O) groups is 1. The van der Waals surface area contributed by atoms with Crippen LogP contribution in [-0.2, 0) is 14.6 Å². The van der Waals surface area contributed by atoms with Gasteiger partial charge in [0.15, 0.2) is 9.84 Å². The SMILES string of the molecule is Cc1cccc(N(C(=O)CCl)[C@H]2CCS(=O)(=O)C2)c1. The van der Waals surface area contributed by atoms with Crippen molar-refractivity contribution in [3.05, 3.63) is 29.8 Å². The third kappa shape index (κ3) is 3.28. The van der Waals surface area contributed by atoms with Gasteiger partial charge in [0.25, 0.3) is 0 Å². The minimum Gasteiger partial charge on any atom is -0.307 e. The number of anilines is 1. The molecule has 0 radical (unpaired) electrons. The molecule has 6 heteroatoms. The van der Waals surface area contributed by atoms with Crippen molar-refractivity contribution in [2.24, 2.45) is 0 Å². The molecule has 104 valence electrons. The molecule has 1 heterocycles. The van der Waals surface area contributed by atoms with E-state index in [1.54, 1.807) is 0 Å². The van der Waals surface area contributed by atoms with Gasteiger partial charge in [0.1, 0.15) is 5.88 Å². The van der Waals surface area contributed by atoms with Gasteiger partial charge in [0.05, 0.1) is 17.5 Å². The smallest absolute Gasteiger partial charge is 0.242 e. The number of alkyl halides is 1. The average molecular weight is 302 g/mol. The lowest BCUT2D eigenvalue weighted by atomic mass is 10.1. The number of hydrogen-bond donors (Lipinski definition) is 0. The number of amides is 1. The first-order valence-electron chi connectivity index (χ1n) is 6.08. The molecule has 1 fully saturated rings. The van der Waals surface area contributed by atoms with Gasteiger partial charge in [-0.1, -0.05) is 12.1 Å². The summed E-state index contributed by atoms with van der Waals surface area (Å²) in [6.07, 6.45) is 0.471. The molecule has 1 aromatic rings. The molecule has 1 aliphatic rings. The maximum atomic E-state index is 12.0. The molecule has 0 N–H and O–H groups in total. The molecule has 0 aromatic heterocycles. The molecule has 2 rings (SSSR count). The molecule has 0 saturated carbocycles. The Hall–Kier alpha value is -1.07. The minimum atomic E-state index is -3.04. The zero-order chi connectivity index (χ0) is 14.0. The second kappa shape index (κ2) is 5.51. The van der Waals surface area contributed by atoms with E-state index in [2.05, 4.69) is 0 Å². The largest absolute Gasteiger partial charge is 0.307 e. The lowest BCUT2D eigenvalue weighted by Gasteiger charge is -2.28. The van der Waals surface area contributed by atoms with Gasteiger partial charge in [0.2, 0.25) is 5.91 Å². The van der Waals surface area contributed by atoms with E-state index in [4.69, 9.17) is 11.6 Å². The Balaban J connectivity index is 2.35. The molecular formula is C13H16ClNO3S. The first-order valence-corrected chi connectivity index (χ1v) is 8.43. The highest BCUT2D eigenvalue weighted by Gasteiger charge is 2.35. The number of hydrogen-bond acceptors (Lipinski definition) is 3. The fourth-order valence-corrected chi connectivity index (χ4v) is 4.21. The molecule has 1 atom stereocenters. The number of halogens is 1. The monoisotopic (exact) mass is 301 g/mol. The zero-order valence-corrected chi connectivity index (χ0v) is 12.2. The summed E-state index contributed by atoms with van der Waals surface area (Å²) in [5, 5.41) is 0. The van der Waals surface area contributed by atoms with Crippen molar-refractivity contribution in [3.8, 4) is 0 Å². The Kier molecular flexibility index (Phi) is 4.16. The van der Waals surface area contributed by atoms with E-state index in [0.29, 0.717) is 12.1 Å². The molecule has 0 spiro atoms. The van der Waals surface area contributed by atoms with Crippen molar-refractivity contribution in [3.63, 3.8) is 0 Å². The van der Waals surface area contributed by atoms with Crippen molar-refractivity contribution < 1.29 is 13.2 Å². The number of benzene rings is 1. The number of aryl methyl sites for hydroxylation is 1. The molecule has 4 nitrogen and oxygen atoms in total. The van der Waals surface area contributed by atoms with Gasteiger partial charge in [-0.3, -0.25) is 4.79 Å². The van der Waals surface area contributed by atoms with Gasteiger partial charge >= 0.3 is 0 Å². The zero-order valence-electron chi connectivity index (χ0n) is 10.7. The number of rotatable bonds is 3. The summed E-state index contributed by atoms with van der Waals surface area (Å²) < 4.78 is 23.2. The highest BCUT2D eigenvalue weighted by molar-refractivity contribution is 7.91. The maximum absolute atomic E-state index is 12.0. The fourth-order valence-electron chi connectivity index (χ4n) is 2.38. The molecule has 1 aromatic carbocycles. The molecule has 0 bridgehead atoms. The molecule has 0 aliphatic carbocycles. The molecular weight excluding hydrogens is 286 g/mol. The van der Waals surface area contributed by atoms with Crippen LogP contribution in [0.1, 0.15) is 12.0 Å². The summed E-state index contributed by atoms with van der Waals surface area (Å²) in [5.41, 5.74) is 1.73. The van der Waals surface area contributed by atoms with Gasteiger partial charge in [-0.15, -0.1) is 11.6 Å². The number of sulfone groups is 1. The van der Waals surface area contributed by atoms with E-state index in [9.17, 15) is 13.2 Å². The standard InChI is InChI=1S/C13H16ClNO3S/c1-10-3-2-4-11(7-10)15(13(16)8-14)12-5-6-19(17,18)9-12/h2-4,7,12H,5-6,8-9H2,1H3/t12-/m0/s1. The van der Waals surface area contributed by atoms with Gasteiger partial charge < -0.3 is 4.90 Å². The first-order chi connectivity index (χ1) is 8.93. The predicted molar refractivity (Wildman–Crippen MR) is 76.4 cm³/mol. The Bertz CT molecular complexity index is 585. The summed E-state index contributed by atoms with van der Waals surface area (Å²) in [6.45, 7) is 1.93. The highest BCUT2D eigenvalue weighted by Crippen LogP contribution is 2.25. The average Bonchev–Trinajstić information content (AvgIpc) is 2.69. The van der Waals surface area contributed by atoms with Crippen LogP contribution in [0.4, 0.5) is 5.69 Å². The van der Waals surface area contributed by atoms with Crippen LogP contribution in [0, 0.1) is 6.92 Å². The predicted octanol–water partition coefficient (Wildman–Crippen LogP) is 1.75. The van der Waals surface area contributed by atoms with Gasteiger partial charge in [-0.25, -0.2) is 8.42 Å². The van der Waals surface area contributed by atoms with Crippen molar-refractivity contribution >= 4 is 33.0 Å². The van der Waals surface area contributed by atoms with Crippen LogP contribution < -0.4 is 4.90 Å². The van der Waals surface area contributed by atoms with E-state index in [-0.39, 0.29) is 29.3 Å². The Morgan fingerprint density at radius 1 is 1.47 bits per heavy atom. The summed E-state index contributed by atoms with van der Waals surface area (Å²) >= 11 is 5.65. The third-order valence-corrected chi connectivity index (χ3v) is 5.22. The Labute approximate surface area is 118 Å². The Morgan fingerprint density at radius 2 is 2.21 bits per heavy atom. The minimum absolute atomic E-state index is 0.0174. The third-order valence-electron chi connectivity index (χ3n) is 3.24. The molecule has 1 aliphatic heterocycles. The Morgan fingerprint density at radius 3 is 2.74 bits per heavy atom. The maximum Gasteiger partial charge on any atom is 0.242 e. The summed E-state index contributed by atoms with van der Waals surface area (Å²) in [7, 11) is -3.04. The number of carbonyl (C=O) groups excluding carboxylic acids is 1. The number of nitrogens with zero attached hydrogens (tertiary/aromatic N) is 1. The van der Waals surface area contributed by atoms with Crippen LogP contribution in [0.3, 0.4) is 0 Å². The van der Waals surface area contributed by atoms with E-state index < -0.39 is 9.84 Å². The van der Waals surface area contributed by atoms with E-state index in [1.165, 1.54) is 4.90 Å². The quantitative estimate of drug-likeness (QED) is 0.799. The van der Waals surface area contributed by atoms with Crippen molar-refractivity contribution in [2.45, 2.75) is 19.4 Å². The van der Waals surface area contributed by atoms with Crippen LogP contribution in [0.2, 0.25) is 0 Å². The first kappa shape index (κ1) is 14.3. The van der Waals surface area contributed by atoms with Gasteiger partial charge in [-0.05, 0) is 31.0 Å². The molecule has 1 amide bonds. The van der Waals surface area contributed by atoms with E-state index >= 15 is 0 Å². The van der Waals surface area contributed by atoms with Crippen LogP contribution in [0.15, 0.2) is 24.3 Å². The summed E-state index contributed by atoms with van der Waals surface area (Å²) in [4.78, 5) is 13.6. The van der Waals surface area contributed by atoms with Gasteiger partial charge in [-0.2, -0.15) is 0 Å². The van der Waals surface area contributed by atoms with E-state index in [1.807, 2.05) is 31.2 Å². The van der Waals surface area contributed by atoms with Gasteiger partial charge in [0, 0.05) is 5.69 Å². The topological polar surface area (TPSA) is 54.5 Å². The van der Waals surface area contributed by atoms with Crippen LogP contribution in [0.5, 0.6) is 0 Å². The van der Waals surface area contributed by atoms with Crippen molar-refractivity contribution in [1.82, 2.24) is 0 Å². The van der Waals surface area contributed by atoms with Crippen molar-refractivity contribution in [1.29, 1.82) is 0 Å². The van der Waals surface area contributed by atoms with Crippen LogP contribution >= 0.6 is 11.6 Å². The fraction of sp³-hybridized carbons (Fsp3) is 0.462. The van der Waals surface area contributed by atoms with Crippen LogP contribution in [0.25, 0.3) is 0 Å². The lowest BCUT2D eigenvalue weighted by molar-refractivity contribution is -0.116. The molecule has 0 unspecified atom stereocenters. The second-order valence-electron chi connectivity index (χ2n) is 4.79. The molecule has 1 saturated heterocycles. The normalized spacial score (nSPS) is 21.3.